The summed E-state index contributed by atoms with van der Waals surface area (Å²) in [7, 11) is 2.96. The van der Waals surface area contributed by atoms with E-state index in [1.165, 1.54) is 24.2 Å². The molecule has 0 spiro atoms. The van der Waals surface area contributed by atoms with Crippen LogP contribution in [0.1, 0.15) is 37.6 Å². The number of nitrogens with zero attached hydrogens (tertiary/aromatic N) is 7. The molecule has 228 valence electrons. The quantitative estimate of drug-likeness (QED) is 0.234. The normalized spacial score (nSPS) is 11.8. The number of carbonyl (C=O) groups excluding carboxylic acids is 3. The van der Waals surface area contributed by atoms with E-state index in [2.05, 4.69) is 41.1 Å². The van der Waals surface area contributed by atoms with Crippen LogP contribution in [-0.4, -0.2) is 73.4 Å². The lowest BCUT2D eigenvalue weighted by atomic mass is 10.0. The van der Waals surface area contributed by atoms with Crippen LogP contribution >= 0.6 is 23.2 Å². The van der Waals surface area contributed by atoms with E-state index in [1.807, 2.05) is 13.8 Å². The van der Waals surface area contributed by atoms with Gasteiger partial charge in [0.25, 0.3) is 0 Å². The SMILES string of the molecule is COC(=O)Nc1ccc(-c2cc([C@H](CC(=O)N(C)C(C)C)NC(=O)/C=C/c3cc(Cl)ccc3-n3cnnn3)nnc2Cl)cc1. The van der Waals surface area contributed by atoms with Crippen LogP contribution in [-0.2, 0) is 14.3 Å². The van der Waals surface area contributed by atoms with Gasteiger partial charge >= 0.3 is 6.09 Å². The Labute approximate surface area is 263 Å². The molecule has 2 heterocycles. The maximum absolute atomic E-state index is 13.2. The van der Waals surface area contributed by atoms with Crippen LogP contribution in [0.2, 0.25) is 10.2 Å². The molecule has 4 rings (SSSR count). The smallest absolute Gasteiger partial charge is 0.411 e. The highest BCUT2D eigenvalue weighted by molar-refractivity contribution is 6.32. The Balaban J connectivity index is 1.63. The predicted molar refractivity (Wildman–Crippen MR) is 165 cm³/mol. The van der Waals surface area contributed by atoms with Gasteiger partial charge in [-0.1, -0.05) is 35.3 Å². The van der Waals surface area contributed by atoms with Gasteiger partial charge < -0.3 is 15.0 Å². The first kappa shape index (κ1) is 32.0. The van der Waals surface area contributed by atoms with Crippen molar-refractivity contribution < 1.29 is 19.1 Å². The molecular weight excluding hydrogens is 609 g/mol. The minimum absolute atomic E-state index is 0.0600. The molecule has 2 aromatic heterocycles. The van der Waals surface area contributed by atoms with E-state index in [-0.39, 0.29) is 23.5 Å². The number of methoxy groups -OCH3 is 1. The lowest BCUT2D eigenvalue weighted by Crippen LogP contribution is -2.37. The average molecular weight is 639 g/mol. The second-order valence-electron chi connectivity index (χ2n) is 9.82. The van der Waals surface area contributed by atoms with Gasteiger partial charge in [-0.05, 0) is 72.3 Å². The van der Waals surface area contributed by atoms with Crippen LogP contribution in [0.25, 0.3) is 22.9 Å². The van der Waals surface area contributed by atoms with Crippen molar-refractivity contribution in [2.75, 3.05) is 19.5 Å². The summed E-state index contributed by atoms with van der Waals surface area (Å²) in [6.07, 6.45) is 3.63. The van der Waals surface area contributed by atoms with Crippen molar-refractivity contribution in [3.05, 3.63) is 82.4 Å². The maximum atomic E-state index is 13.2. The number of benzene rings is 2. The highest BCUT2D eigenvalue weighted by Gasteiger charge is 2.24. The third-order valence-electron chi connectivity index (χ3n) is 6.62. The number of carbonyl (C=O) groups is 3. The summed E-state index contributed by atoms with van der Waals surface area (Å²) < 4.78 is 6.07. The molecule has 4 aromatic rings. The van der Waals surface area contributed by atoms with Crippen LogP contribution in [0, 0.1) is 0 Å². The highest BCUT2D eigenvalue weighted by atomic mass is 35.5. The van der Waals surface area contributed by atoms with Crippen molar-refractivity contribution in [3.63, 3.8) is 0 Å². The number of hydrogen-bond acceptors (Lipinski definition) is 9. The first-order chi connectivity index (χ1) is 21.0. The molecule has 0 aliphatic carbocycles. The molecule has 0 aliphatic heterocycles. The van der Waals surface area contributed by atoms with Gasteiger partial charge in [-0.2, -0.15) is 9.78 Å². The third-order valence-corrected chi connectivity index (χ3v) is 7.13. The van der Waals surface area contributed by atoms with E-state index in [9.17, 15) is 14.4 Å². The number of tetrazole rings is 1. The molecule has 15 heteroatoms. The third kappa shape index (κ3) is 8.14. The monoisotopic (exact) mass is 637 g/mol. The zero-order valence-electron chi connectivity index (χ0n) is 24.2. The number of rotatable bonds is 10. The van der Waals surface area contributed by atoms with Gasteiger partial charge in [0.1, 0.15) is 6.33 Å². The zero-order chi connectivity index (χ0) is 31.8. The summed E-state index contributed by atoms with van der Waals surface area (Å²) in [5.74, 6) is -0.698. The number of anilines is 1. The Bertz CT molecular complexity index is 1660. The Morgan fingerprint density at radius 1 is 1.07 bits per heavy atom. The Morgan fingerprint density at radius 2 is 1.82 bits per heavy atom. The molecule has 0 unspecified atom stereocenters. The minimum atomic E-state index is -0.844. The number of halogens is 2. The summed E-state index contributed by atoms with van der Waals surface area (Å²) in [4.78, 5) is 39.4. The van der Waals surface area contributed by atoms with Crippen molar-refractivity contribution >= 4 is 52.9 Å². The lowest BCUT2D eigenvalue weighted by Gasteiger charge is -2.25. The summed E-state index contributed by atoms with van der Waals surface area (Å²) in [5.41, 5.74) is 3.23. The number of aromatic nitrogens is 6. The van der Waals surface area contributed by atoms with Crippen molar-refractivity contribution in [2.45, 2.75) is 32.4 Å². The van der Waals surface area contributed by atoms with Crippen molar-refractivity contribution in [1.82, 2.24) is 40.6 Å². The molecule has 2 aromatic carbocycles. The summed E-state index contributed by atoms with van der Waals surface area (Å²) >= 11 is 12.6. The number of ether oxygens (including phenoxy) is 1. The topological polar surface area (TPSA) is 157 Å². The molecule has 0 saturated carbocycles. The fourth-order valence-corrected chi connectivity index (χ4v) is 4.41. The minimum Gasteiger partial charge on any atom is -0.453 e. The van der Waals surface area contributed by atoms with Crippen LogP contribution in [0.15, 0.2) is 60.9 Å². The predicted octanol–water partition coefficient (Wildman–Crippen LogP) is 4.73. The van der Waals surface area contributed by atoms with Gasteiger partial charge in [0.15, 0.2) is 5.15 Å². The zero-order valence-corrected chi connectivity index (χ0v) is 25.7. The maximum Gasteiger partial charge on any atom is 0.411 e. The van der Waals surface area contributed by atoms with Crippen molar-refractivity contribution in [2.24, 2.45) is 0 Å². The van der Waals surface area contributed by atoms with E-state index in [1.54, 1.807) is 66.6 Å². The number of nitrogens with one attached hydrogen (secondary N) is 2. The van der Waals surface area contributed by atoms with Gasteiger partial charge in [-0.3, -0.25) is 14.9 Å². The second kappa shape index (κ2) is 14.5. The Hall–Kier alpha value is -4.88. The van der Waals surface area contributed by atoms with Gasteiger partial charge in [-0.15, -0.1) is 10.2 Å². The molecular formula is C29H29Cl2N9O4. The van der Waals surface area contributed by atoms with Gasteiger partial charge in [-0.25, -0.2) is 4.79 Å². The summed E-state index contributed by atoms with van der Waals surface area (Å²) in [6, 6.07) is 12.7. The van der Waals surface area contributed by atoms with Crippen molar-refractivity contribution in [1.29, 1.82) is 0 Å². The largest absolute Gasteiger partial charge is 0.453 e. The molecule has 2 N–H and O–H groups in total. The molecule has 0 radical (unpaired) electrons. The molecule has 3 amide bonds. The van der Waals surface area contributed by atoms with E-state index in [0.29, 0.717) is 38.8 Å². The second-order valence-corrected chi connectivity index (χ2v) is 10.6. The molecule has 0 fully saturated rings. The van der Waals surface area contributed by atoms with Crippen LogP contribution in [0.4, 0.5) is 10.5 Å². The lowest BCUT2D eigenvalue weighted by molar-refractivity contribution is -0.132. The number of amides is 3. The number of hydrogen-bond donors (Lipinski definition) is 2. The van der Waals surface area contributed by atoms with E-state index in [4.69, 9.17) is 23.2 Å². The first-order valence-electron chi connectivity index (χ1n) is 13.3. The highest BCUT2D eigenvalue weighted by Crippen LogP contribution is 2.30. The Morgan fingerprint density at radius 3 is 2.48 bits per heavy atom. The van der Waals surface area contributed by atoms with Crippen LogP contribution < -0.4 is 10.6 Å². The molecule has 44 heavy (non-hydrogen) atoms. The van der Waals surface area contributed by atoms with Crippen LogP contribution in [0.5, 0.6) is 0 Å². The van der Waals surface area contributed by atoms with Gasteiger partial charge in [0, 0.05) is 41.0 Å². The Kier molecular flexibility index (Phi) is 10.6. The average Bonchev–Trinajstić information content (AvgIpc) is 3.55. The molecule has 0 aliphatic rings. The molecule has 1 atom stereocenters. The van der Waals surface area contributed by atoms with Gasteiger partial charge in [0.05, 0.1) is 31.0 Å². The standard InChI is InChI=1S/C29H29Cl2N9O4/c1-17(2)39(3)27(42)15-23(34-26(41)12-7-19-13-20(30)8-11-25(19)40-16-32-37-38-40)24-14-22(28(31)36-35-24)18-5-9-21(10-6-18)33-29(43)44-4/h5-14,16-17,23H,15H2,1-4H3,(H,33,43)(H,34,41)/b12-7+/t23-/m0/s1. The molecule has 0 saturated heterocycles. The van der Waals surface area contributed by atoms with Crippen LogP contribution in [0.3, 0.4) is 0 Å². The molecule has 0 bridgehead atoms. The van der Waals surface area contributed by atoms with E-state index >= 15 is 0 Å². The fourth-order valence-electron chi connectivity index (χ4n) is 4.03. The summed E-state index contributed by atoms with van der Waals surface area (Å²) in [5, 5.41) is 25.5. The van der Waals surface area contributed by atoms with E-state index in [0.717, 1.165) is 0 Å². The van der Waals surface area contributed by atoms with Crippen molar-refractivity contribution in [3.8, 4) is 16.8 Å². The van der Waals surface area contributed by atoms with Gasteiger partial charge in [0.2, 0.25) is 11.8 Å². The first-order valence-corrected chi connectivity index (χ1v) is 14.1. The molecule has 13 nitrogen and oxygen atoms in total. The summed E-state index contributed by atoms with van der Waals surface area (Å²) in [6.45, 7) is 3.78. The van der Waals surface area contributed by atoms with E-state index < -0.39 is 18.0 Å². The fraction of sp³-hybridized carbons (Fsp3) is 0.241.